The van der Waals surface area contributed by atoms with E-state index in [9.17, 15) is 4.79 Å². The van der Waals surface area contributed by atoms with Crippen molar-refractivity contribution < 1.29 is 10.0 Å². The molecule has 0 bridgehead atoms. The van der Waals surface area contributed by atoms with Crippen molar-refractivity contribution >= 4 is 45.0 Å². The van der Waals surface area contributed by atoms with Crippen LogP contribution in [0.1, 0.15) is 13.8 Å². The number of hydrogen-bond donors (Lipinski definition) is 3. The Labute approximate surface area is 124 Å². The zero-order valence-corrected chi connectivity index (χ0v) is 12.9. The van der Waals surface area contributed by atoms with Crippen molar-refractivity contribution in [1.82, 2.24) is 0 Å². The van der Waals surface area contributed by atoms with E-state index in [1.807, 2.05) is 13.8 Å². The van der Waals surface area contributed by atoms with Gasteiger partial charge in [0.1, 0.15) is 5.92 Å². The number of amides is 1. The summed E-state index contributed by atoms with van der Waals surface area (Å²) in [4.78, 5) is 12.2. The van der Waals surface area contributed by atoms with E-state index in [0.29, 0.717) is 10.7 Å². The van der Waals surface area contributed by atoms with Crippen LogP contribution in [0.2, 0.25) is 5.02 Å². The summed E-state index contributed by atoms with van der Waals surface area (Å²) in [5.74, 6) is -1.33. The number of nitrogens with two attached hydrogens (primary N) is 1. The van der Waals surface area contributed by atoms with E-state index in [1.165, 1.54) is 0 Å². The Balaban J connectivity index is 2.97. The fourth-order valence-corrected chi connectivity index (χ4v) is 2.17. The molecule has 0 aliphatic rings. The van der Waals surface area contributed by atoms with E-state index in [2.05, 4.69) is 26.4 Å². The van der Waals surface area contributed by atoms with Crippen molar-refractivity contribution in [2.24, 2.45) is 22.7 Å². The number of oxime groups is 1. The molecular formula is C12H15BrClN3O2. The minimum Gasteiger partial charge on any atom is -0.409 e. The average molecular weight is 349 g/mol. The summed E-state index contributed by atoms with van der Waals surface area (Å²) < 4.78 is 0.789. The van der Waals surface area contributed by atoms with Crippen molar-refractivity contribution in [2.75, 3.05) is 5.32 Å². The summed E-state index contributed by atoms with van der Waals surface area (Å²) in [6.07, 6.45) is 0. The summed E-state index contributed by atoms with van der Waals surface area (Å²) in [6.45, 7) is 3.62. The predicted molar refractivity (Wildman–Crippen MR) is 79.5 cm³/mol. The minimum absolute atomic E-state index is 0.109. The molecule has 0 saturated heterocycles. The largest absolute Gasteiger partial charge is 0.409 e. The van der Waals surface area contributed by atoms with Gasteiger partial charge in [-0.05, 0) is 24.1 Å². The quantitative estimate of drug-likeness (QED) is 0.338. The van der Waals surface area contributed by atoms with E-state index >= 15 is 0 Å². The molecule has 7 heteroatoms. The summed E-state index contributed by atoms with van der Waals surface area (Å²) >= 11 is 9.29. The fourth-order valence-electron chi connectivity index (χ4n) is 1.64. The van der Waals surface area contributed by atoms with E-state index in [1.54, 1.807) is 18.2 Å². The third-order valence-electron chi connectivity index (χ3n) is 2.57. The third kappa shape index (κ3) is 4.11. The molecule has 0 saturated carbocycles. The lowest BCUT2D eigenvalue weighted by atomic mass is 9.94. The molecule has 0 aliphatic heterocycles. The summed E-state index contributed by atoms with van der Waals surface area (Å²) in [7, 11) is 0. The number of carbonyl (C=O) groups is 1. The lowest BCUT2D eigenvalue weighted by Gasteiger charge is -2.19. The molecule has 0 radical (unpaired) electrons. The number of amidine groups is 1. The van der Waals surface area contributed by atoms with Crippen molar-refractivity contribution in [1.29, 1.82) is 0 Å². The molecule has 19 heavy (non-hydrogen) atoms. The van der Waals surface area contributed by atoms with Gasteiger partial charge in [0.05, 0.1) is 10.7 Å². The van der Waals surface area contributed by atoms with Crippen molar-refractivity contribution in [3.8, 4) is 0 Å². The first kappa shape index (κ1) is 15.8. The highest BCUT2D eigenvalue weighted by atomic mass is 79.9. The highest BCUT2D eigenvalue weighted by Crippen LogP contribution is 2.26. The number of rotatable bonds is 4. The first-order chi connectivity index (χ1) is 8.86. The minimum atomic E-state index is -0.722. The number of hydrogen-bond acceptors (Lipinski definition) is 3. The maximum absolute atomic E-state index is 12.2. The van der Waals surface area contributed by atoms with Crippen LogP contribution in [0.15, 0.2) is 27.8 Å². The maximum Gasteiger partial charge on any atom is 0.235 e. The highest BCUT2D eigenvalue weighted by Gasteiger charge is 2.27. The monoisotopic (exact) mass is 347 g/mol. The first-order valence-corrected chi connectivity index (χ1v) is 6.77. The second-order valence-corrected chi connectivity index (χ2v) is 5.68. The zero-order valence-electron chi connectivity index (χ0n) is 10.5. The highest BCUT2D eigenvalue weighted by molar-refractivity contribution is 9.10. The first-order valence-electron chi connectivity index (χ1n) is 5.60. The standard InChI is InChI=1S/C12H15BrClN3O2/c1-6(2)10(11(15)17-19)12(18)16-9-5-7(13)3-4-8(9)14/h3-6,10,19H,1-2H3,(H2,15,17)(H,16,18). The normalized spacial score (nSPS) is 13.4. The molecule has 0 spiro atoms. The molecule has 1 unspecified atom stereocenters. The van der Waals surface area contributed by atoms with Gasteiger partial charge in [0.2, 0.25) is 5.91 Å². The molecule has 0 aliphatic carbocycles. The SMILES string of the molecule is CC(C)C(C(=O)Nc1cc(Br)ccc1Cl)C(N)=NO. The van der Waals surface area contributed by atoms with Gasteiger partial charge in [-0.3, -0.25) is 4.79 Å². The van der Waals surface area contributed by atoms with Crippen LogP contribution >= 0.6 is 27.5 Å². The molecule has 0 fully saturated rings. The van der Waals surface area contributed by atoms with Crippen molar-refractivity contribution in [3.63, 3.8) is 0 Å². The Bertz CT molecular complexity index is 506. The fraction of sp³-hybridized carbons (Fsp3) is 0.333. The van der Waals surface area contributed by atoms with Crippen molar-refractivity contribution in [2.45, 2.75) is 13.8 Å². The Morgan fingerprint density at radius 1 is 1.53 bits per heavy atom. The number of carbonyl (C=O) groups excluding carboxylic acids is 1. The molecule has 1 atom stereocenters. The molecule has 1 aromatic rings. The Morgan fingerprint density at radius 3 is 2.68 bits per heavy atom. The molecule has 1 aromatic carbocycles. The van der Waals surface area contributed by atoms with E-state index in [0.717, 1.165) is 4.47 Å². The lowest BCUT2D eigenvalue weighted by Crippen LogP contribution is -2.38. The molecule has 5 nitrogen and oxygen atoms in total. The number of nitrogens with zero attached hydrogens (tertiary/aromatic N) is 1. The maximum atomic E-state index is 12.2. The van der Waals surface area contributed by atoms with Gasteiger partial charge >= 0.3 is 0 Å². The van der Waals surface area contributed by atoms with Crippen LogP contribution in [0.4, 0.5) is 5.69 Å². The van der Waals surface area contributed by atoms with Gasteiger partial charge < -0.3 is 16.3 Å². The van der Waals surface area contributed by atoms with Gasteiger partial charge in [-0.25, -0.2) is 0 Å². The van der Waals surface area contributed by atoms with Crippen LogP contribution in [0.3, 0.4) is 0 Å². The Hall–Kier alpha value is -1.27. The van der Waals surface area contributed by atoms with Crippen LogP contribution in [0, 0.1) is 11.8 Å². The van der Waals surface area contributed by atoms with Gasteiger partial charge in [0, 0.05) is 4.47 Å². The summed E-state index contributed by atoms with van der Waals surface area (Å²) in [5.41, 5.74) is 6.01. The summed E-state index contributed by atoms with van der Waals surface area (Å²) in [5, 5.41) is 14.7. The van der Waals surface area contributed by atoms with Gasteiger partial charge in [-0.1, -0.05) is 46.5 Å². The molecule has 104 valence electrons. The van der Waals surface area contributed by atoms with Gasteiger partial charge in [0.25, 0.3) is 0 Å². The molecular weight excluding hydrogens is 334 g/mol. The molecule has 0 heterocycles. The van der Waals surface area contributed by atoms with E-state index in [-0.39, 0.29) is 17.7 Å². The summed E-state index contributed by atoms with van der Waals surface area (Å²) in [6, 6.07) is 5.11. The Morgan fingerprint density at radius 2 is 2.16 bits per heavy atom. The number of anilines is 1. The second-order valence-electron chi connectivity index (χ2n) is 4.36. The van der Waals surface area contributed by atoms with E-state index in [4.69, 9.17) is 22.5 Å². The number of halogens is 2. The molecule has 0 aromatic heterocycles. The number of nitrogens with one attached hydrogen (secondary N) is 1. The third-order valence-corrected chi connectivity index (χ3v) is 3.39. The van der Waals surface area contributed by atoms with Crippen LogP contribution in [0.5, 0.6) is 0 Å². The van der Waals surface area contributed by atoms with Crippen LogP contribution in [-0.2, 0) is 4.79 Å². The van der Waals surface area contributed by atoms with Gasteiger partial charge in [0.15, 0.2) is 5.84 Å². The topological polar surface area (TPSA) is 87.7 Å². The Kier molecular flexibility index (Phi) is 5.62. The van der Waals surface area contributed by atoms with Gasteiger partial charge in [-0.15, -0.1) is 0 Å². The predicted octanol–water partition coefficient (Wildman–Crippen LogP) is 3.06. The smallest absolute Gasteiger partial charge is 0.235 e. The second kappa shape index (κ2) is 6.77. The molecule has 1 amide bonds. The van der Waals surface area contributed by atoms with Crippen LogP contribution in [-0.4, -0.2) is 17.0 Å². The molecule has 4 N–H and O–H groups in total. The lowest BCUT2D eigenvalue weighted by molar-refractivity contribution is -0.119. The zero-order chi connectivity index (χ0) is 14.6. The number of benzene rings is 1. The van der Waals surface area contributed by atoms with Crippen molar-refractivity contribution in [3.05, 3.63) is 27.7 Å². The van der Waals surface area contributed by atoms with Crippen LogP contribution < -0.4 is 11.1 Å². The van der Waals surface area contributed by atoms with E-state index < -0.39 is 5.92 Å². The average Bonchev–Trinajstić information content (AvgIpc) is 2.33. The van der Waals surface area contributed by atoms with Crippen LogP contribution in [0.25, 0.3) is 0 Å². The van der Waals surface area contributed by atoms with Gasteiger partial charge in [-0.2, -0.15) is 0 Å². The molecule has 1 rings (SSSR count).